The van der Waals surface area contributed by atoms with Gasteiger partial charge in [0.25, 0.3) is 0 Å². The lowest BCUT2D eigenvalue weighted by Gasteiger charge is -2.15. The van der Waals surface area contributed by atoms with Gasteiger partial charge in [0.2, 0.25) is 10.0 Å². The summed E-state index contributed by atoms with van der Waals surface area (Å²) in [5, 5.41) is 8.50. The van der Waals surface area contributed by atoms with E-state index in [1.807, 2.05) is 6.92 Å². The Morgan fingerprint density at radius 3 is 2.77 bits per heavy atom. The molecule has 1 fully saturated rings. The zero-order chi connectivity index (χ0) is 18.3. The second-order valence-electron chi connectivity index (χ2n) is 7.15. The lowest BCUT2D eigenvalue weighted by Crippen LogP contribution is -2.35. The summed E-state index contributed by atoms with van der Waals surface area (Å²) >= 11 is 0. The fraction of sp³-hybridized carbons (Fsp3) is 0.688. The topological polar surface area (TPSA) is 104 Å². The average Bonchev–Trinajstić information content (AvgIpc) is 3.24. The quantitative estimate of drug-likeness (QED) is 0.779. The van der Waals surface area contributed by atoms with Crippen molar-refractivity contribution in [3.8, 4) is 0 Å². The molecule has 3 heterocycles. The first kappa shape index (κ1) is 17.5. The highest BCUT2D eigenvalue weighted by atomic mass is 32.2. The molecule has 9 nitrogen and oxygen atoms in total. The molecule has 1 saturated carbocycles. The number of sulfonamides is 1. The first-order valence-corrected chi connectivity index (χ1v) is 10.7. The van der Waals surface area contributed by atoms with Crippen molar-refractivity contribution >= 4 is 10.0 Å². The number of nitrogens with zero attached hydrogens (tertiary/aromatic N) is 5. The van der Waals surface area contributed by atoms with Crippen LogP contribution < -0.4 is 10.4 Å². The van der Waals surface area contributed by atoms with E-state index >= 15 is 0 Å². The lowest BCUT2D eigenvalue weighted by molar-refractivity contribution is 0.479. The Bertz CT molecular complexity index is 953. The minimum absolute atomic E-state index is 0.0698. The smallest absolute Gasteiger partial charge is 0.279 e. The Kier molecular flexibility index (Phi) is 4.47. The summed E-state index contributed by atoms with van der Waals surface area (Å²) in [6, 6.07) is -0.219. The molecule has 2 aromatic rings. The molecule has 0 amide bonds. The molecule has 26 heavy (non-hydrogen) atoms. The Labute approximate surface area is 152 Å². The summed E-state index contributed by atoms with van der Waals surface area (Å²) < 4.78 is 32.7. The molecule has 0 aromatic carbocycles. The number of aryl methyl sites for hydroxylation is 2. The molecule has 1 aliphatic carbocycles. The van der Waals surface area contributed by atoms with Crippen molar-refractivity contribution in [2.24, 2.45) is 5.92 Å². The van der Waals surface area contributed by atoms with Gasteiger partial charge in [-0.2, -0.15) is 10.2 Å². The molecular weight excluding hydrogens is 356 g/mol. The Morgan fingerprint density at radius 2 is 2.08 bits per heavy atom. The van der Waals surface area contributed by atoms with Crippen LogP contribution in [0.25, 0.3) is 0 Å². The van der Waals surface area contributed by atoms with Crippen LogP contribution in [0, 0.1) is 5.92 Å². The minimum Gasteiger partial charge on any atom is -0.279 e. The maximum Gasteiger partial charge on any atom is 0.345 e. The highest BCUT2D eigenvalue weighted by Gasteiger charge is 2.28. The van der Waals surface area contributed by atoms with E-state index < -0.39 is 10.0 Å². The van der Waals surface area contributed by atoms with E-state index in [1.54, 1.807) is 13.9 Å². The number of rotatable bonds is 6. The van der Waals surface area contributed by atoms with Gasteiger partial charge in [0, 0.05) is 38.3 Å². The Balaban J connectivity index is 1.44. The van der Waals surface area contributed by atoms with Crippen LogP contribution in [0.4, 0.5) is 0 Å². The van der Waals surface area contributed by atoms with Gasteiger partial charge >= 0.3 is 5.69 Å². The zero-order valence-electron chi connectivity index (χ0n) is 14.8. The van der Waals surface area contributed by atoms with Crippen LogP contribution in [0.3, 0.4) is 0 Å². The van der Waals surface area contributed by atoms with Crippen molar-refractivity contribution in [1.82, 2.24) is 28.9 Å². The molecular formula is C16H24N6O3S. The predicted octanol–water partition coefficient (Wildman–Crippen LogP) is 0.355. The van der Waals surface area contributed by atoms with E-state index in [1.165, 1.54) is 25.2 Å². The van der Waals surface area contributed by atoms with Gasteiger partial charge < -0.3 is 0 Å². The van der Waals surface area contributed by atoms with Crippen LogP contribution in [-0.2, 0) is 36.1 Å². The van der Waals surface area contributed by atoms with Crippen molar-refractivity contribution in [2.75, 3.05) is 0 Å². The molecule has 1 aliphatic heterocycles. The van der Waals surface area contributed by atoms with Crippen molar-refractivity contribution < 1.29 is 8.42 Å². The summed E-state index contributed by atoms with van der Waals surface area (Å²) in [6.45, 7) is 3.71. The number of hydrogen-bond acceptors (Lipinski definition) is 5. The van der Waals surface area contributed by atoms with Crippen LogP contribution in [0.5, 0.6) is 0 Å². The molecule has 4 rings (SSSR count). The number of fused-ring (bicyclic) bond motifs is 1. The van der Waals surface area contributed by atoms with Crippen molar-refractivity contribution in [2.45, 2.75) is 69.6 Å². The molecule has 2 aromatic heterocycles. The van der Waals surface area contributed by atoms with Gasteiger partial charge in [0.05, 0.1) is 6.20 Å². The van der Waals surface area contributed by atoms with Crippen molar-refractivity contribution in [1.29, 1.82) is 0 Å². The lowest BCUT2D eigenvalue weighted by atomic mass is 10.1. The molecule has 1 unspecified atom stereocenters. The highest BCUT2D eigenvalue weighted by molar-refractivity contribution is 7.89. The van der Waals surface area contributed by atoms with E-state index in [9.17, 15) is 13.2 Å². The Hall–Kier alpha value is -1.94. The van der Waals surface area contributed by atoms with Gasteiger partial charge in [-0.3, -0.25) is 9.25 Å². The standard InChI is InChI=1S/C16H24N6O3S/c1-2-20-11-14(9-17-20)26(24,25)19-13-5-6-15-18-22(10-12-3-4-12)16(23)21(15)8-7-13/h9,11-13,19H,2-8,10H2,1H3. The summed E-state index contributed by atoms with van der Waals surface area (Å²) in [4.78, 5) is 12.7. The van der Waals surface area contributed by atoms with E-state index in [2.05, 4.69) is 14.9 Å². The van der Waals surface area contributed by atoms with Crippen LogP contribution in [0.15, 0.2) is 22.1 Å². The zero-order valence-corrected chi connectivity index (χ0v) is 15.7. The summed E-state index contributed by atoms with van der Waals surface area (Å²) in [5.41, 5.74) is -0.0698. The highest BCUT2D eigenvalue weighted by Crippen LogP contribution is 2.30. The number of nitrogens with one attached hydrogen (secondary N) is 1. The molecule has 0 spiro atoms. The maximum absolute atomic E-state index is 12.5. The van der Waals surface area contributed by atoms with E-state index in [0.717, 1.165) is 5.82 Å². The molecule has 0 saturated heterocycles. The molecule has 142 valence electrons. The molecule has 1 N–H and O–H groups in total. The van der Waals surface area contributed by atoms with Crippen LogP contribution in [-0.4, -0.2) is 38.6 Å². The SMILES string of the molecule is CCn1cc(S(=O)(=O)NC2CCc3nn(CC4CC4)c(=O)n3CC2)cn1. The van der Waals surface area contributed by atoms with Crippen LogP contribution in [0.1, 0.15) is 38.4 Å². The summed E-state index contributed by atoms with van der Waals surface area (Å²) in [6.07, 6.45) is 7.03. The number of hydrogen-bond donors (Lipinski definition) is 1. The van der Waals surface area contributed by atoms with E-state index in [0.29, 0.717) is 44.8 Å². The van der Waals surface area contributed by atoms with Gasteiger partial charge in [0.15, 0.2) is 0 Å². The van der Waals surface area contributed by atoms with Crippen LogP contribution in [0.2, 0.25) is 0 Å². The monoisotopic (exact) mass is 380 g/mol. The first-order chi connectivity index (χ1) is 12.5. The van der Waals surface area contributed by atoms with Gasteiger partial charge in [-0.1, -0.05) is 0 Å². The summed E-state index contributed by atoms with van der Waals surface area (Å²) in [5.74, 6) is 1.35. The maximum atomic E-state index is 12.5. The summed E-state index contributed by atoms with van der Waals surface area (Å²) in [7, 11) is -3.61. The van der Waals surface area contributed by atoms with Gasteiger partial charge in [-0.25, -0.2) is 22.6 Å². The molecule has 2 aliphatic rings. The normalized spacial score (nSPS) is 20.7. The molecule has 0 radical (unpaired) electrons. The van der Waals surface area contributed by atoms with E-state index in [4.69, 9.17) is 0 Å². The minimum atomic E-state index is -3.61. The molecule has 10 heteroatoms. The molecule has 0 bridgehead atoms. The first-order valence-electron chi connectivity index (χ1n) is 9.17. The number of aromatic nitrogens is 5. The van der Waals surface area contributed by atoms with E-state index in [-0.39, 0.29) is 16.6 Å². The Morgan fingerprint density at radius 1 is 1.27 bits per heavy atom. The van der Waals surface area contributed by atoms with Gasteiger partial charge in [0.1, 0.15) is 10.7 Å². The fourth-order valence-electron chi connectivity index (χ4n) is 3.35. The second kappa shape index (κ2) is 6.66. The largest absolute Gasteiger partial charge is 0.345 e. The van der Waals surface area contributed by atoms with Gasteiger partial charge in [-0.05, 0) is 38.5 Å². The van der Waals surface area contributed by atoms with Gasteiger partial charge in [-0.15, -0.1) is 0 Å². The fourth-order valence-corrected chi connectivity index (χ4v) is 4.61. The third-order valence-corrected chi connectivity index (χ3v) is 6.59. The second-order valence-corrected chi connectivity index (χ2v) is 8.87. The predicted molar refractivity (Wildman–Crippen MR) is 94.2 cm³/mol. The van der Waals surface area contributed by atoms with Crippen LogP contribution >= 0.6 is 0 Å². The van der Waals surface area contributed by atoms with Crippen molar-refractivity contribution in [3.05, 3.63) is 28.7 Å². The average molecular weight is 380 g/mol. The molecule has 1 atom stereocenters. The van der Waals surface area contributed by atoms with Crippen molar-refractivity contribution in [3.63, 3.8) is 0 Å². The third-order valence-electron chi connectivity index (χ3n) is 5.11. The third kappa shape index (κ3) is 3.48.